The highest BCUT2D eigenvalue weighted by molar-refractivity contribution is 5.89. The smallest absolute Gasteiger partial charge is 0.321 e. The Morgan fingerprint density at radius 2 is 2.25 bits per heavy atom. The fraction of sp³-hybridized carbons (Fsp3) is 0.385. The molecule has 1 aromatic rings. The number of nitrogens with zero attached hydrogens (tertiary/aromatic N) is 3. The number of hydrogen-bond donors (Lipinski definition) is 1. The molecule has 7 nitrogen and oxygen atoms in total. The van der Waals surface area contributed by atoms with Gasteiger partial charge in [-0.05, 0) is 19.9 Å². The van der Waals surface area contributed by atoms with Crippen LogP contribution in [0.3, 0.4) is 0 Å². The highest BCUT2D eigenvalue weighted by atomic mass is 16.6. The van der Waals surface area contributed by atoms with Crippen LogP contribution in [0.4, 0.5) is 16.2 Å². The normalized spacial score (nSPS) is 9.90. The lowest BCUT2D eigenvalue weighted by Crippen LogP contribution is -2.40. The van der Waals surface area contributed by atoms with E-state index in [1.165, 1.54) is 23.1 Å². The Morgan fingerprint density at radius 1 is 1.55 bits per heavy atom. The van der Waals surface area contributed by atoms with E-state index >= 15 is 0 Å². The van der Waals surface area contributed by atoms with Gasteiger partial charge in [-0.25, -0.2) is 4.79 Å². The van der Waals surface area contributed by atoms with Gasteiger partial charge in [0.15, 0.2) is 0 Å². The van der Waals surface area contributed by atoms with Crippen LogP contribution in [-0.2, 0) is 0 Å². The van der Waals surface area contributed by atoms with Crippen LogP contribution in [0, 0.1) is 21.4 Å². The van der Waals surface area contributed by atoms with Crippen LogP contribution in [0.25, 0.3) is 0 Å². The fourth-order valence-corrected chi connectivity index (χ4v) is 1.66. The maximum atomic E-state index is 12.1. The summed E-state index contributed by atoms with van der Waals surface area (Å²) in [5.41, 5.74) is 0.266. The summed E-state index contributed by atoms with van der Waals surface area (Å²) in [6.07, 6.45) is 0.237. The zero-order valence-electron chi connectivity index (χ0n) is 11.4. The Kier molecular flexibility index (Phi) is 5.47. The average molecular weight is 276 g/mol. The predicted octanol–water partition coefficient (Wildman–Crippen LogP) is 2.75. The van der Waals surface area contributed by atoms with E-state index in [2.05, 4.69) is 5.32 Å². The molecule has 0 unspecified atom stereocenters. The summed E-state index contributed by atoms with van der Waals surface area (Å²) in [4.78, 5) is 23.7. The molecule has 0 aliphatic carbocycles. The summed E-state index contributed by atoms with van der Waals surface area (Å²) >= 11 is 0. The Labute approximate surface area is 117 Å². The zero-order chi connectivity index (χ0) is 15.1. The Morgan fingerprint density at radius 3 is 2.80 bits per heavy atom. The van der Waals surface area contributed by atoms with E-state index in [4.69, 9.17) is 5.26 Å². The molecule has 0 aliphatic rings. The number of nitro benzene ring substituents is 1. The molecule has 20 heavy (non-hydrogen) atoms. The van der Waals surface area contributed by atoms with Crippen LogP contribution >= 0.6 is 0 Å². The predicted molar refractivity (Wildman–Crippen MR) is 74.2 cm³/mol. The third kappa shape index (κ3) is 4.24. The number of urea groups is 1. The van der Waals surface area contributed by atoms with Crippen molar-refractivity contribution in [3.05, 3.63) is 34.4 Å². The highest BCUT2D eigenvalue weighted by Gasteiger charge is 2.17. The minimum absolute atomic E-state index is 0.0675. The van der Waals surface area contributed by atoms with Crippen molar-refractivity contribution in [1.29, 1.82) is 5.26 Å². The first-order valence-electron chi connectivity index (χ1n) is 6.14. The minimum atomic E-state index is -0.522. The van der Waals surface area contributed by atoms with Crippen LogP contribution < -0.4 is 5.32 Å². The van der Waals surface area contributed by atoms with E-state index in [1.54, 1.807) is 6.07 Å². The van der Waals surface area contributed by atoms with Gasteiger partial charge in [-0.3, -0.25) is 10.1 Å². The number of nitriles is 1. The number of rotatable bonds is 5. The number of nitrogens with one attached hydrogen (secondary N) is 1. The summed E-state index contributed by atoms with van der Waals surface area (Å²) in [7, 11) is 0. The van der Waals surface area contributed by atoms with Gasteiger partial charge in [-0.15, -0.1) is 0 Å². The Hall–Kier alpha value is -2.62. The van der Waals surface area contributed by atoms with Gasteiger partial charge >= 0.3 is 6.03 Å². The molecule has 0 aliphatic heterocycles. The number of hydrogen-bond acceptors (Lipinski definition) is 4. The zero-order valence-corrected chi connectivity index (χ0v) is 11.4. The Balaban J connectivity index is 2.80. The molecule has 1 aromatic carbocycles. The summed E-state index contributed by atoms with van der Waals surface area (Å²) in [5, 5.41) is 21.9. The molecule has 7 heteroatoms. The molecular formula is C13H16N4O3. The number of anilines is 1. The molecule has 0 saturated heterocycles. The van der Waals surface area contributed by atoms with E-state index in [0.29, 0.717) is 12.2 Å². The molecule has 0 radical (unpaired) electrons. The first kappa shape index (κ1) is 15.4. The second-order valence-electron chi connectivity index (χ2n) is 4.43. The van der Waals surface area contributed by atoms with Crippen molar-refractivity contribution < 1.29 is 9.72 Å². The molecule has 0 fully saturated rings. The van der Waals surface area contributed by atoms with Crippen molar-refractivity contribution >= 4 is 17.4 Å². The number of non-ortho nitro benzene ring substituents is 1. The lowest BCUT2D eigenvalue weighted by atomic mass is 10.2. The molecule has 0 aromatic heterocycles. The standard InChI is InChI=1S/C13H16N4O3/c1-10(2)16(8-4-7-14)13(18)15-11-5-3-6-12(9-11)17(19)20/h3,5-6,9-10H,4,8H2,1-2H3,(H,15,18). The second kappa shape index (κ2) is 7.09. The van der Waals surface area contributed by atoms with Crippen LogP contribution in [0.1, 0.15) is 20.3 Å². The topological polar surface area (TPSA) is 99.3 Å². The molecule has 2 amide bonds. The van der Waals surface area contributed by atoms with E-state index in [0.717, 1.165) is 0 Å². The highest BCUT2D eigenvalue weighted by Crippen LogP contribution is 2.17. The SMILES string of the molecule is CC(C)N(CCC#N)C(=O)Nc1cccc([N+](=O)[O-])c1. The van der Waals surface area contributed by atoms with Crippen LogP contribution in [-0.4, -0.2) is 28.4 Å². The fourth-order valence-electron chi connectivity index (χ4n) is 1.66. The number of carbonyl (C=O) groups is 1. The van der Waals surface area contributed by atoms with Crippen molar-refractivity contribution in [2.24, 2.45) is 0 Å². The molecular weight excluding hydrogens is 260 g/mol. The van der Waals surface area contributed by atoms with Crippen molar-refractivity contribution in [1.82, 2.24) is 4.90 Å². The number of amides is 2. The molecule has 0 saturated carbocycles. The first-order chi connectivity index (χ1) is 9.45. The van der Waals surface area contributed by atoms with Crippen molar-refractivity contribution in [3.63, 3.8) is 0 Å². The second-order valence-corrected chi connectivity index (χ2v) is 4.43. The third-order valence-corrected chi connectivity index (χ3v) is 2.66. The van der Waals surface area contributed by atoms with Gasteiger partial charge < -0.3 is 10.2 Å². The maximum Gasteiger partial charge on any atom is 0.322 e. The van der Waals surface area contributed by atoms with E-state index in [-0.39, 0.29) is 24.2 Å². The van der Waals surface area contributed by atoms with Gasteiger partial charge in [-0.1, -0.05) is 6.07 Å². The van der Waals surface area contributed by atoms with Gasteiger partial charge in [0.05, 0.1) is 17.4 Å². The Bertz CT molecular complexity index is 537. The first-order valence-corrected chi connectivity index (χ1v) is 6.14. The van der Waals surface area contributed by atoms with Crippen LogP contribution in [0.15, 0.2) is 24.3 Å². The summed E-state index contributed by atoms with van der Waals surface area (Å²) < 4.78 is 0. The number of nitro groups is 1. The monoisotopic (exact) mass is 276 g/mol. The van der Waals surface area contributed by atoms with Crippen molar-refractivity contribution in [2.75, 3.05) is 11.9 Å². The largest absolute Gasteiger partial charge is 0.322 e. The summed E-state index contributed by atoms with van der Waals surface area (Å²) in [5.74, 6) is 0. The molecule has 1 rings (SSSR count). The van der Waals surface area contributed by atoms with E-state index in [1.807, 2.05) is 19.9 Å². The third-order valence-electron chi connectivity index (χ3n) is 2.66. The minimum Gasteiger partial charge on any atom is -0.321 e. The lowest BCUT2D eigenvalue weighted by Gasteiger charge is -2.25. The number of benzene rings is 1. The summed E-state index contributed by atoms with van der Waals surface area (Å²) in [6, 6.07) is 7.26. The van der Waals surface area contributed by atoms with Gasteiger partial charge in [-0.2, -0.15) is 5.26 Å². The average Bonchev–Trinajstić information content (AvgIpc) is 2.39. The van der Waals surface area contributed by atoms with E-state index < -0.39 is 4.92 Å². The summed E-state index contributed by atoms with van der Waals surface area (Å²) in [6.45, 7) is 3.99. The van der Waals surface area contributed by atoms with Gasteiger partial charge in [0.1, 0.15) is 0 Å². The molecule has 106 valence electrons. The van der Waals surface area contributed by atoms with Gasteiger partial charge in [0, 0.05) is 30.4 Å². The van der Waals surface area contributed by atoms with Gasteiger partial charge in [0.25, 0.3) is 5.69 Å². The molecule has 0 atom stereocenters. The molecule has 0 spiro atoms. The molecule has 0 heterocycles. The van der Waals surface area contributed by atoms with Crippen molar-refractivity contribution in [2.45, 2.75) is 26.3 Å². The lowest BCUT2D eigenvalue weighted by molar-refractivity contribution is -0.384. The van der Waals surface area contributed by atoms with Crippen LogP contribution in [0.2, 0.25) is 0 Å². The maximum absolute atomic E-state index is 12.1. The van der Waals surface area contributed by atoms with Crippen LogP contribution in [0.5, 0.6) is 0 Å². The number of carbonyl (C=O) groups excluding carboxylic acids is 1. The quantitative estimate of drug-likeness (QED) is 0.660. The van der Waals surface area contributed by atoms with Gasteiger partial charge in [0.2, 0.25) is 0 Å². The molecule has 0 bridgehead atoms. The molecule has 1 N–H and O–H groups in total. The van der Waals surface area contributed by atoms with Crippen molar-refractivity contribution in [3.8, 4) is 6.07 Å². The van der Waals surface area contributed by atoms with E-state index in [9.17, 15) is 14.9 Å².